The van der Waals surface area contributed by atoms with Gasteiger partial charge in [0.1, 0.15) is 23.5 Å². The Balaban J connectivity index is 1.83. The molecule has 2 aromatic heterocycles. The summed E-state index contributed by atoms with van der Waals surface area (Å²) < 4.78 is 57.1. The highest BCUT2D eigenvalue weighted by Gasteiger charge is 2.41. The van der Waals surface area contributed by atoms with E-state index in [2.05, 4.69) is 25.4 Å². The van der Waals surface area contributed by atoms with Crippen LogP contribution in [0.1, 0.15) is 37.4 Å². The number of carbonyl (C=O) groups is 1. The minimum atomic E-state index is -4.53. The number of anilines is 2. The van der Waals surface area contributed by atoms with Gasteiger partial charge < -0.3 is 21.3 Å². The molecule has 0 aliphatic carbocycles. The number of nitrogens with one attached hydrogen (secondary N) is 1. The summed E-state index contributed by atoms with van der Waals surface area (Å²) in [6, 6.07) is 7.66. The van der Waals surface area contributed by atoms with Gasteiger partial charge in [-0.1, -0.05) is 37.2 Å². The van der Waals surface area contributed by atoms with Gasteiger partial charge in [-0.05, 0) is 12.1 Å². The molecule has 0 saturated heterocycles. The van der Waals surface area contributed by atoms with Crippen LogP contribution >= 0.6 is 0 Å². The molecule has 3 rings (SSSR count). The van der Waals surface area contributed by atoms with Crippen LogP contribution < -0.4 is 16.8 Å². The van der Waals surface area contributed by atoms with Crippen LogP contribution in [0, 0.1) is 11.2 Å². The first-order valence-corrected chi connectivity index (χ1v) is 10.5. The molecule has 0 bridgehead atoms. The summed E-state index contributed by atoms with van der Waals surface area (Å²) in [7, 11) is 0. The van der Waals surface area contributed by atoms with Crippen molar-refractivity contribution in [3.05, 3.63) is 71.8 Å². The number of allylic oxidation sites excluding steroid dienone is 1. The van der Waals surface area contributed by atoms with Crippen molar-refractivity contribution in [1.82, 2.24) is 15.1 Å². The van der Waals surface area contributed by atoms with Crippen LogP contribution in [0.3, 0.4) is 0 Å². The maximum absolute atomic E-state index is 14.0. The lowest BCUT2D eigenvalue weighted by Gasteiger charge is -2.24. The number of hydrogen-bond acceptors (Lipinski definition) is 8. The van der Waals surface area contributed by atoms with Crippen LogP contribution in [0.25, 0.3) is 5.70 Å². The number of rotatable bonds is 8. The van der Waals surface area contributed by atoms with Crippen molar-refractivity contribution in [2.45, 2.75) is 33.0 Å². The third kappa shape index (κ3) is 6.87. The van der Waals surface area contributed by atoms with E-state index in [1.54, 1.807) is 18.2 Å². The number of benzene rings is 1. The number of aliphatic imine (C=N–C) groups is 1. The van der Waals surface area contributed by atoms with Crippen LogP contribution in [0.2, 0.25) is 0 Å². The van der Waals surface area contributed by atoms with Crippen LogP contribution in [0.15, 0.2) is 58.4 Å². The van der Waals surface area contributed by atoms with E-state index in [9.17, 15) is 22.4 Å². The lowest BCUT2D eigenvalue weighted by Crippen LogP contribution is -2.35. The number of amides is 1. The van der Waals surface area contributed by atoms with Crippen molar-refractivity contribution in [2.75, 3.05) is 11.1 Å². The number of alkyl halides is 3. The molecule has 0 radical (unpaired) electrons. The lowest BCUT2D eigenvalue weighted by molar-refractivity contribution is -0.162. The first kappa shape index (κ1) is 26.3. The number of aromatic nitrogens is 3. The summed E-state index contributed by atoms with van der Waals surface area (Å²) in [5.41, 5.74) is 11.1. The predicted molar refractivity (Wildman–Crippen MR) is 125 cm³/mol. The highest BCUT2D eigenvalue weighted by Crippen LogP contribution is 2.34. The molecule has 9 nitrogen and oxygen atoms in total. The quantitative estimate of drug-likeness (QED) is 0.309. The molecule has 2 heterocycles. The Morgan fingerprint density at radius 1 is 1.22 bits per heavy atom. The van der Waals surface area contributed by atoms with Gasteiger partial charge in [0.15, 0.2) is 11.6 Å². The van der Waals surface area contributed by atoms with Gasteiger partial charge in [0, 0.05) is 11.6 Å². The van der Waals surface area contributed by atoms with E-state index < -0.39 is 29.7 Å². The highest BCUT2D eigenvalue weighted by molar-refractivity contribution is 6.10. The molecule has 0 spiro atoms. The van der Waals surface area contributed by atoms with Crippen molar-refractivity contribution in [2.24, 2.45) is 16.1 Å². The Kier molecular flexibility index (Phi) is 7.71. The zero-order valence-electron chi connectivity index (χ0n) is 19.3. The molecular formula is C23H23F4N7O2. The number of halogens is 4. The van der Waals surface area contributed by atoms with E-state index in [4.69, 9.17) is 16.0 Å². The van der Waals surface area contributed by atoms with E-state index in [0.717, 1.165) is 20.0 Å². The summed E-state index contributed by atoms with van der Waals surface area (Å²) in [5, 5.41) is 6.13. The van der Waals surface area contributed by atoms with Gasteiger partial charge in [-0.25, -0.2) is 14.4 Å². The maximum Gasteiger partial charge on any atom is 0.390 e. The fourth-order valence-corrected chi connectivity index (χ4v) is 3.06. The zero-order valence-corrected chi connectivity index (χ0v) is 19.3. The Bertz CT molecular complexity index is 1290. The van der Waals surface area contributed by atoms with Crippen molar-refractivity contribution in [1.29, 1.82) is 0 Å². The Labute approximate surface area is 203 Å². The predicted octanol–water partition coefficient (Wildman–Crippen LogP) is 4.09. The molecule has 1 amide bonds. The molecule has 36 heavy (non-hydrogen) atoms. The van der Waals surface area contributed by atoms with Crippen molar-refractivity contribution in [3.63, 3.8) is 0 Å². The molecule has 5 N–H and O–H groups in total. The highest BCUT2D eigenvalue weighted by atomic mass is 19.4. The summed E-state index contributed by atoms with van der Waals surface area (Å²) in [5.74, 6) is -1.58. The van der Waals surface area contributed by atoms with Gasteiger partial charge >= 0.3 is 6.18 Å². The molecule has 3 aromatic rings. The number of nitrogen functional groups attached to an aromatic ring is 1. The van der Waals surface area contributed by atoms with E-state index in [0.29, 0.717) is 11.3 Å². The Morgan fingerprint density at radius 2 is 1.94 bits per heavy atom. The maximum atomic E-state index is 14.0. The molecule has 1 aromatic carbocycles. The summed E-state index contributed by atoms with van der Waals surface area (Å²) in [6.07, 6.45) is -2.01. The molecule has 0 unspecified atom stereocenters. The summed E-state index contributed by atoms with van der Waals surface area (Å²) in [6.45, 7) is 2.31. The number of nitrogens with zero attached hydrogens (tertiary/aromatic N) is 4. The molecule has 0 fully saturated rings. The third-order valence-electron chi connectivity index (χ3n) is 4.95. The normalized spacial score (nSPS) is 13.1. The molecule has 0 saturated carbocycles. The van der Waals surface area contributed by atoms with E-state index in [1.807, 2.05) is 0 Å². The second-order valence-electron chi connectivity index (χ2n) is 8.40. The first-order chi connectivity index (χ1) is 16.9. The monoisotopic (exact) mass is 505 g/mol. The average molecular weight is 505 g/mol. The Morgan fingerprint density at radius 3 is 2.56 bits per heavy atom. The van der Waals surface area contributed by atoms with E-state index >= 15 is 0 Å². The molecule has 190 valence electrons. The smallest absolute Gasteiger partial charge is 0.390 e. The summed E-state index contributed by atoms with van der Waals surface area (Å²) >= 11 is 0. The SMILES string of the molecule is CC(C)(CC(F)(F)F)C(=O)Nc1cnc(/C(N)=C/C(=NCc2ccccc2F)c2ccon2)nc1N. The molecule has 0 aliphatic heterocycles. The molecule has 13 heteroatoms. The zero-order chi connectivity index (χ0) is 26.5. The lowest BCUT2D eigenvalue weighted by atomic mass is 9.88. The van der Waals surface area contributed by atoms with Gasteiger partial charge in [-0.2, -0.15) is 13.2 Å². The van der Waals surface area contributed by atoms with Crippen LogP contribution in [-0.4, -0.2) is 32.9 Å². The van der Waals surface area contributed by atoms with Crippen molar-refractivity contribution in [3.8, 4) is 0 Å². The van der Waals surface area contributed by atoms with Crippen LogP contribution in [0.5, 0.6) is 0 Å². The average Bonchev–Trinajstić information content (AvgIpc) is 3.32. The second kappa shape index (κ2) is 10.5. The van der Waals surface area contributed by atoms with Gasteiger partial charge in [0.2, 0.25) is 5.91 Å². The fourth-order valence-electron chi connectivity index (χ4n) is 3.06. The van der Waals surface area contributed by atoms with E-state index in [1.165, 1.54) is 24.5 Å². The van der Waals surface area contributed by atoms with Gasteiger partial charge in [0.05, 0.1) is 36.0 Å². The number of nitrogens with two attached hydrogens (primary N) is 2. The number of carbonyl (C=O) groups excluding carboxylic acids is 1. The molecule has 0 atom stereocenters. The standard InChI is InChI=1S/C23H23F4N7O2/c1-22(2,12-23(25,26)27)21(35)32-18-11-31-20(33-19(18)29)15(28)9-17(16-7-8-36-34-16)30-10-13-5-3-4-6-14(13)24/h3-9,11H,10,12,28H2,1-2H3,(H,32,35)(H2,29,31,33)/b15-9-,30-17?. The molecular weight excluding hydrogens is 482 g/mol. The number of hydrogen-bond donors (Lipinski definition) is 3. The Hall–Kier alpha value is -4.29. The third-order valence-corrected chi connectivity index (χ3v) is 4.95. The first-order valence-electron chi connectivity index (χ1n) is 10.5. The van der Waals surface area contributed by atoms with E-state index in [-0.39, 0.29) is 35.3 Å². The van der Waals surface area contributed by atoms with Crippen LogP contribution in [0.4, 0.5) is 29.1 Å². The summed E-state index contributed by atoms with van der Waals surface area (Å²) in [4.78, 5) is 24.8. The van der Waals surface area contributed by atoms with Crippen LogP contribution in [-0.2, 0) is 11.3 Å². The fraction of sp³-hybridized carbons (Fsp3) is 0.261. The van der Waals surface area contributed by atoms with Gasteiger partial charge in [0.25, 0.3) is 0 Å². The second-order valence-corrected chi connectivity index (χ2v) is 8.40. The minimum Gasteiger partial charge on any atom is -0.396 e. The van der Waals surface area contributed by atoms with Gasteiger partial charge in [-0.3, -0.25) is 9.79 Å². The van der Waals surface area contributed by atoms with Gasteiger partial charge in [-0.15, -0.1) is 0 Å². The molecule has 0 aliphatic rings. The van der Waals surface area contributed by atoms with Crippen molar-refractivity contribution >= 4 is 28.8 Å². The topological polar surface area (TPSA) is 145 Å². The largest absolute Gasteiger partial charge is 0.396 e. The minimum absolute atomic E-state index is 0.00672. The van der Waals surface area contributed by atoms with Crippen molar-refractivity contribution < 1.29 is 26.9 Å².